The fourth-order valence-electron chi connectivity index (χ4n) is 2.11. The fraction of sp³-hybridized carbons (Fsp3) is 0.278. The molecule has 0 aliphatic carbocycles. The Morgan fingerprint density at radius 3 is 2.46 bits per heavy atom. The number of carbonyl (C=O) groups excluding carboxylic acids is 1. The van der Waals surface area contributed by atoms with E-state index in [1.807, 2.05) is 6.92 Å². The highest BCUT2D eigenvalue weighted by atomic mass is 16.5. The van der Waals surface area contributed by atoms with E-state index < -0.39 is 11.4 Å². The lowest BCUT2D eigenvalue weighted by Crippen LogP contribution is -2.28. The molecule has 6 nitrogen and oxygen atoms in total. The van der Waals surface area contributed by atoms with Crippen LogP contribution < -0.4 is 10.1 Å². The van der Waals surface area contributed by atoms with Gasteiger partial charge in [0.1, 0.15) is 5.56 Å². The molecule has 1 aromatic carbocycles. The molecule has 0 spiro atoms. The minimum atomic E-state index is -0.992. The number of anilines is 1. The van der Waals surface area contributed by atoms with Crippen molar-refractivity contribution in [1.82, 2.24) is 4.98 Å². The predicted octanol–water partition coefficient (Wildman–Crippen LogP) is 3.09. The van der Waals surface area contributed by atoms with E-state index in [9.17, 15) is 14.7 Å². The van der Waals surface area contributed by atoms with Crippen LogP contribution in [-0.4, -0.2) is 28.6 Å². The first kappa shape index (κ1) is 17.5. The number of nitrogens with one attached hydrogen (secondary N) is 1. The first-order valence-electron chi connectivity index (χ1n) is 7.59. The van der Waals surface area contributed by atoms with E-state index in [1.54, 1.807) is 56.4 Å². The summed E-state index contributed by atoms with van der Waals surface area (Å²) in [6.07, 6.45) is 1.56. The van der Waals surface area contributed by atoms with E-state index >= 15 is 0 Å². The molecule has 2 rings (SSSR count). The summed E-state index contributed by atoms with van der Waals surface area (Å²) in [5.74, 6) is -0.964. The number of nitrogens with zero attached hydrogens (tertiary/aromatic N) is 1. The van der Waals surface area contributed by atoms with Gasteiger partial charge in [0.15, 0.2) is 0 Å². The van der Waals surface area contributed by atoms with E-state index in [0.717, 1.165) is 0 Å². The van der Waals surface area contributed by atoms with Crippen molar-refractivity contribution in [2.24, 2.45) is 0 Å². The molecule has 2 N–H and O–H groups in total. The second-order valence-electron chi connectivity index (χ2n) is 5.75. The van der Waals surface area contributed by atoms with Gasteiger partial charge in [-0.25, -0.2) is 4.98 Å². The number of rotatable bonds is 6. The predicted molar refractivity (Wildman–Crippen MR) is 90.5 cm³/mol. The van der Waals surface area contributed by atoms with Crippen LogP contribution in [0.15, 0.2) is 42.6 Å². The fourth-order valence-corrected chi connectivity index (χ4v) is 2.11. The number of benzene rings is 1. The Balaban J connectivity index is 2.17. The van der Waals surface area contributed by atoms with Crippen LogP contribution in [0.2, 0.25) is 0 Å². The molecule has 0 radical (unpaired) electrons. The lowest BCUT2D eigenvalue weighted by atomic mass is 9.85. The van der Waals surface area contributed by atoms with Gasteiger partial charge in [0.2, 0.25) is 5.88 Å². The molecule has 0 atom stereocenters. The van der Waals surface area contributed by atoms with Gasteiger partial charge >= 0.3 is 5.97 Å². The molecule has 0 saturated heterocycles. The lowest BCUT2D eigenvalue weighted by Gasteiger charge is -2.20. The zero-order valence-corrected chi connectivity index (χ0v) is 13.9. The van der Waals surface area contributed by atoms with E-state index in [0.29, 0.717) is 23.4 Å². The molecule has 1 amide bonds. The van der Waals surface area contributed by atoms with Crippen molar-refractivity contribution in [2.75, 3.05) is 11.9 Å². The van der Waals surface area contributed by atoms with Crippen molar-refractivity contribution in [3.05, 3.63) is 53.7 Å². The van der Waals surface area contributed by atoms with Crippen molar-refractivity contribution < 1.29 is 19.4 Å². The summed E-state index contributed by atoms with van der Waals surface area (Å²) in [5.41, 5.74) is 0.573. The second-order valence-corrected chi connectivity index (χ2v) is 5.75. The number of carboxylic acid groups (broad SMARTS) is 1. The van der Waals surface area contributed by atoms with E-state index in [-0.39, 0.29) is 11.8 Å². The third-order valence-corrected chi connectivity index (χ3v) is 3.70. The molecular formula is C18H20N2O4. The number of ether oxygens (including phenoxy) is 1. The second kappa shape index (κ2) is 7.12. The number of pyridine rings is 1. The van der Waals surface area contributed by atoms with Crippen LogP contribution >= 0.6 is 0 Å². The van der Waals surface area contributed by atoms with Gasteiger partial charge in [-0.1, -0.05) is 12.1 Å². The van der Waals surface area contributed by atoms with Crippen molar-refractivity contribution in [3.63, 3.8) is 0 Å². The Morgan fingerprint density at radius 1 is 1.21 bits per heavy atom. The van der Waals surface area contributed by atoms with E-state index in [2.05, 4.69) is 10.3 Å². The molecule has 24 heavy (non-hydrogen) atoms. The minimum absolute atomic E-state index is 0.279. The number of carboxylic acids is 1. The molecule has 0 fully saturated rings. The maximum absolute atomic E-state index is 12.4. The number of hydrogen-bond acceptors (Lipinski definition) is 4. The molecule has 0 bridgehead atoms. The summed E-state index contributed by atoms with van der Waals surface area (Å²) in [4.78, 5) is 27.7. The molecular weight excluding hydrogens is 308 g/mol. The molecule has 0 unspecified atom stereocenters. The average Bonchev–Trinajstić information content (AvgIpc) is 2.56. The minimum Gasteiger partial charge on any atom is -0.481 e. The number of amides is 1. The van der Waals surface area contributed by atoms with Gasteiger partial charge in [0.25, 0.3) is 5.91 Å². The van der Waals surface area contributed by atoms with Crippen LogP contribution in [0.4, 0.5) is 5.69 Å². The summed E-state index contributed by atoms with van der Waals surface area (Å²) in [6.45, 7) is 5.50. The van der Waals surface area contributed by atoms with Gasteiger partial charge < -0.3 is 15.2 Å². The van der Waals surface area contributed by atoms with Crippen LogP contribution in [0.25, 0.3) is 0 Å². The van der Waals surface area contributed by atoms with Gasteiger partial charge in [-0.15, -0.1) is 0 Å². The highest BCUT2D eigenvalue weighted by molar-refractivity contribution is 6.05. The molecule has 1 heterocycles. The van der Waals surface area contributed by atoms with E-state index in [1.165, 1.54) is 0 Å². The Bertz CT molecular complexity index is 739. The standard InChI is InChI=1S/C18H20N2O4/c1-4-24-16-14(6-5-11-19-16)15(21)20-13-9-7-12(8-10-13)18(2,3)17(22)23/h5-11H,4H2,1-3H3,(H,20,21)(H,22,23). The van der Waals surface area contributed by atoms with E-state index in [4.69, 9.17) is 4.74 Å². The Labute approximate surface area is 140 Å². The molecule has 126 valence electrons. The normalized spacial score (nSPS) is 11.0. The summed E-state index contributed by atoms with van der Waals surface area (Å²) in [5, 5.41) is 12.0. The first-order valence-corrected chi connectivity index (χ1v) is 7.59. The van der Waals surface area contributed by atoms with Crippen LogP contribution in [-0.2, 0) is 10.2 Å². The number of hydrogen-bond donors (Lipinski definition) is 2. The van der Waals surface area contributed by atoms with Crippen molar-refractivity contribution in [1.29, 1.82) is 0 Å². The maximum atomic E-state index is 12.4. The molecule has 6 heteroatoms. The van der Waals surface area contributed by atoms with Crippen LogP contribution in [0, 0.1) is 0 Å². The maximum Gasteiger partial charge on any atom is 0.313 e. The van der Waals surface area contributed by atoms with Crippen LogP contribution in [0.5, 0.6) is 5.88 Å². The third kappa shape index (κ3) is 3.71. The van der Waals surface area contributed by atoms with Gasteiger partial charge in [-0.2, -0.15) is 0 Å². The van der Waals surface area contributed by atoms with Crippen molar-refractivity contribution in [2.45, 2.75) is 26.2 Å². The highest BCUT2D eigenvalue weighted by Crippen LogP contribution is 2.25. The SMILES string of the molecule is CCOc1ncccc1C(=O)Nc1ccc(C(C)(C)C(=O)O)cc1. The topological polar surface area (TPSA) is 88.5 Å². The van der Waals surface area contributed by atoms with Gasteiger partial charge in [-0.05, 0) is 50.6 Å². The Kier molecular flexibility index (Phi) is 5.18. The van der Waals surface area contributed by atoms with Crippen LogP contribution in [0.3, 0.4) is 0 Å². The third-order valence-electron chi connectivity index (χ3n) is 3.70. The average molecular weight is 328 g/mol. The number of aromatic nitrogens is 1. The van der Waals surface area contributed by atoms with Crippen molar-refractivity contribution >= 4 is 17.6 Å². The Hall–Kier alpha value is -2.89. The van der Waals surface area contributed by atoms with Gasteiger partial charge in [0, 0.05) is 11.9 Å². The number of aliphatic carboxylic acids is 1. The van der Waals surface area contributed by atoms with Crippen molar-refractivity contribution in [3.8, 4) is 5.88 Å². The molecule has 1 aromatic heterocycles. The monoisotopic (exact) mass is 328 g/mol. The zero-order valence-electron chi connectivity index (χ0n) is 13.9. The lowest BCUT2D eigenvalue weighted by molar-refractivity contribution is -0.142. The molecule has 2 aromatic rings. The summed E-state index contributed by atoms with van der Waals surface area (Å²) in [7, 11) is 0. The molecule has 0 aliphatic rings. The van der Waals surface area contributed by atoms with Gasteiger partial charge in [-0.3, -0.25) is 9.59 Å². The van der Waals surface area contributed by atoms with Crippen LogP contribution in [0.1, 0.15) is 36.7 Å². The summed E-state index contributed by atoms with van der Waals surface area (Å²) >= 11 is 0. The largest absolute Gasteiger partial charge is 0.481 e. The quantitative estimate of drug-likeness (QED) is 0.850. The zero-order chi connectivity index (χ0) is 17.7. The Morgan fingerprint density at radius 2 is 1.88 bits per heavy atom. The summed E-state index contributed by atoms with van der Waals surface area (Å²) in [6, 6.07) is 10.0. The molecule has 0 saturated carbocycles. The smallest absolute Gasteiger partial charge is 0.313 e. The number of carbonyl (C=O) groups is 2. The highest BCUT2D eigenvalue weighted by Gasteiger charge is 2.29. The first-order chi connectivity index (χ1) is 11.4. The summed E-state index contributed by atoms with van der Waals surface area (Å²) < 4.78 is 5.35. The van der Waals surface area contributed by atoms with Gasteiger partial charge in [0.05, 0.1) is 12.0 Å². The molecule has 0 aliphatic heterocycles.